The van der Waals surface area contributed by atoms with E-state index in [1.165, 1.54) is 11.5 Å². The largest absolute Gasteiger partial charge is 1.00 e. The van der Waals surface area contributed by atoms with Crippen LogP contribution in [0.3, 0.4) is 0 Å². The van der Waals surface area contributed by atoms with Gasteiger partial charge in [-0.1, -0.05) is 46.3 Å². The van der Waals surface area contributed by atoms with Crippen molar-refractivity contribution in [3.63, 3.8) is 0 Å². The molecule has 31 heavy (non-hydrogen) atoms. The van der Waals surface area contributed by atoms with E-state index in [4.69, 9.17) is 0 Å². The second kappa shape index (κ2) is 7.52. The molecule has 3 aromatic heterocycles. The van der Waals surface area contributed by atoms with Gasteiger partial charge in [-0.2, -0.15) is 8.97 Å². The number of nitrogens with zero attached hydrogens (tertiary/aromatic N) is 2. The summed E-state index contributed by atoms with van der Waals surface area (Å²) in [6.07, 6.45) is 3.98. The second-order valence-electron chi connectivity index (χ2n) is 7.32. The first-order chi connectivity index (χ1) is 14.7. The number of aromatic nitrogens is 3. The monoisotopic (exact) mass is 491 g/mol. The van der Waals surface area contributed by atoms with Crippen LogP contribution in [0.2, 0.25) is 0 Å². The Morgan fingerprint density at radius 3 is 2.39 bits per heavy atom. The molecule has 3 aromatic carbocycles. The van der Waals surface area contributed by atoms with E-state index in [9.17, 15) is 4.39 Å². The molecule has 3 nitrogen and oxygen atoms in total. The molecule has 0 fully saturated rings. The van der Waals surface area contributed by atoms with Gasteiger partial charge < -0.3 is 17.4 Å². The summed E-state index contributed by atoms with van der Waals surface area (Å²) in [4.78, 5) is 3.58. The molecule has 3 heterocycles. The molecule has 0 atom stereocenters. The van der Waals surface area contributed by atoms with Crippen molar-refractivity contribution >= 4 is 43.3 Å². The van der Waals surface area contributed by atoms with Crippen LogP contribution in [-0.4, -0.2) is 9.55 Å². The number of imidazole rings is 1. The fourth-order valence-corrected chi connectivity index (χ4v) is 4.49. The zero-order valence-electron chi connectivity index (χ0n) is 16.2. The van der Waals surface area contributed by atoms with E-state index in [2.05, 4.69) is 55.6 Å². The van der Waals surface area contributed by atoms with E-state index in [1.54, 1.807) is 12.1 Å². The third kappa shape index (κ3) is 3.04. The van der Waals surface area contributed by atoms with E-state index < -0.39 is 0 Å². The van der Waals surface area contributed by atoms with Crippen molar-refractivity contribution < 1.29 is 21.2 Å². The quantitative estimate of drug-likeness (QED) is 0.358. The number of halogens is 3. The molecule has 1 N–H and O–H groups in total. The molecule has 0 bridgehead atoms. The van der Waals surface area contributed by atoms with Gasteiger partial charge in [-0.15, -0.1) is 0 Å². The van der Waals surface area contributed by atoms with Crippen LogP contribution in [0.15, 0.2) is 95.9 Å². The number of aromatic amines is 1. The molecule has 0 aliphatic heterocycles. The third-order valence-corrected chi connectivity index (χ3v) is 6.11. The highest BCUT2D eigenvalue weighted by atomic mass is 79.9. The Hall–Kier alpha value is -3.15. The van der Waals surface area contributed by atoms with Crippen molar-refractivity contribution in [1.29, 1.82) is 0 Å². The summed E-state index contributed by atoms with van der Waals surface area (Å²) in [7, 11) is 0. The van der Waals surface area contributed by atoms with Gasteiger partial charge >= 0.3 is 0 Å². The van der Waals surface area contributed by atoms with Crippen LogP contribution >= 0.6 is 15.9 Å². The standard InChI is InChI=1S/C25H16BrFN3.ClH/c26-17-11-9-16(10-12-17)24-25-23-19(18-5-1-3-7-21(18)28-23)13-14-29(25)15-30(24)22-8-4-2-6-20(22)27;/h1-15,28H;1H/q+1;/p-1. The van der Waals surface area contributed by atoms with Crippen LogP contribution in [-0.2, 0) is 0 Å². The van der Waals surface area contributed by atoms with Gasteiger partial charge in [0.15, 0.2) is 17.2 Å². The normalized spacial score (nSPS) is 11.3. The number of hydrogen-bond acceptors (Lipinski definition) is 0. The van der Waals surface area contributed by atoms with Crippen LogP contribution in [0, 0.1) is 5.82 Å². The predicted octanol–water partition coefficient (Wildman–Crippen LogP) is 3.42. The highest BCUT2D eigenvalue weighted by Crippen LogP contribution is 2.34. The molecule has 0 unspecified atom stereocenters. The van der Waals surface area contributed by atoms with Gasteiger partial charge in [-0.3, -0.25) is 0 Å². The van der Waals surface area contributed by atoms with E-state index in [0.29, 0.717) is 5.69 Å². The Labute approximate surface area is 192 Å². The first-order valence-corrected chi connectivity index (χ1v) is 10.5. The van der Waals surface area contributed by atoms with Crippen LogP contribution < -0.4 is 16.8 Å². The van der Waals surface area contributed by atoms with E-state index in [-0.39, 0.29) is 18.2 Å². The van der Waals surface area contributed by atoms with Gasteiger partial charge in [0, 0.05) is 26.3 Å². The molecule has 0 spiro atoms. The molecule has 6 aromatic rings. The predicted molar refractivity (Wildman–Crippen MR) is 121 cm³/mol. The lowest BCUT2D eigenvalue weighted by molar-refractivity contribution is -0.510. The van der Waals surface area contributed by atoms with Gasteiger partial charge in [0.05, 0.1) is 11.7 Å². The Balaban J connectivity index is 0.00000204. The van der Waals surface area contributed by atoms with Gasteiger partial charge in [-0.05, 0) is 48.5 Å². The van der Waals surface area contributed by atoms with Crippen LogP contribution in [0.1, 0.15) is 0 Å². The first-order valence-electron chi connectivity index (χ1n) is 9.67. The van der Waals surface area contributed by atoms with E-state index >= 15 is 0 Å². The molecular weight excluding hydrogens is 477 g/mol. The number of pyridine rings is 1. The Morgan fingerprint density at radius 2 is 1.58 bits per heavy atom. The van der Waals surface area contributed by atoms with Crippen molar-refractivity contribution in [1.82, 2.24) is 9.55 Å². The molecule has 0 aliphatic carbocycles. The summed E-state index contributed by atoms with van der Waals surface area (Å²) in [6, 6.07) is 25.4. The van der Waals surface area contributed by atoms with Crippen molar-refractivity contribution in [3.05, 3.63) is 102 Å². The number of H-pyrrole nitrogens is 1. The number of benzene rings is 3. The maximum Gasteiger partial charge on any atom is 0.254 e. The van der Waals surface area contributed by atoms with Crippen LogP contribution in [0.4, 0.5) is 4.39 Å². The molecule has 0 amide bonds. The topological polar surface area (TPSA) is 24.8 Å². The summed E-state index contributed by atoms with van der Waals surface area (Å²) in [6.45, 7) is 0. The number of hydrogen-bond donors (Lipinski definition) is 1. The summed E-state index contributed by atoms with van der Waals surface area (Å²) >= 11 is 3.52. The summed E-state index contributed by atoms with van der Waals surface area (Å²) in [5.41, 5.74) is 5.59. The van der Waals surface area contributed by atoms with E-state index in [0.717, 1.165) is 37.7 Å². The van der Waals surface area contributed by atoms with Gasteiger partial charge in [0.25, 0.3) is 6.33 Å². The molecule has 0 saturated heterocycles. The Bertz CT molecular complexity index is 1570. The third-order valence-electron chi connectivity index (χ3n) is 5.58. The molecule has 152 valence electrons. The van der Waals surface area contributed by atoms with Crippen LogP contribution in [0.5, 0.6) is 0 Å². The zero-order valence-corrected chi connectivity index (χ0v) is 18.5. The minimum Gasteiger partial charge on any atom is -1.00 e. The minimum atomic E-state index is -0.260. The Kier molecular flexibility index (Phi) is 4.80. The molecular formula is C25H16BrClFN3. The summed E-state index contributed by atoms with van der Waals surface area (Å²) in [5, 5.41) is 2.32. The number of nitrogens with one attached hydrogen (secondary N) is 1. The summed E-state index contributed by atoms with van der Waals surface area (Å²) < 4.78 is 19.8. The van der Waals surface area contributed by atoms with Crippen molar-refractivity contribution in [3.8, 4) is 16.9 Å². The summed E-state index contributed by atoms with van der Waals surface area (Å²) in [5.74, 6) is -0.260. The Morgan fingerprint density at radius 1 is 0.839 bits per heavy atom. The van der Waals surface area contributed by atoms with Crippen molar-refractivity contribution in [2.45, 2.75) is 0 Å². The molecule has 6 heteroatoms. The van der Waals surface area contributed by atoms with Crippen molar-refractivity contribution in [2.75, 3.05) is 0 Å². The van der Waals surface area contributed by atoms with Gasteiger partial charge in [-0.25, -0.2) is 4.39 Å². The fraction of sp³-hybridized carbons (Fsp3) is 0. The lowest BCUT2D eigenvalue weighted by Crippen LogP contribution is -3.00. The number of para-hydroxylation sites is 2. The van der Waals surface area contributed by atoms with Gasteiger partial charge in [0.1, 0.15) is 0 Å². The van der Waals surface area contributed by atoms with Gasteiger partial charge in [0.2, 0.25) is 5.52 Å². The van der Waals surface area contributed by atoms with Crippen molar-refractivity contribution in [2.24, 2.45) is 0 Å². The second-order valence-corrected chi connectivity index (χ2v) is 8.24. The molecule has 6 rings (SSSR count). The maximum absolute atomic E-state index is 14.8. The SMILES string of the molecule is Fc1ccccc1-n1c[n+]2ccc3c4ccccc4[nH]c3c2c1-c1ccc(Br)cc1.[Cl-]. The molecule has 0 aliphatic rings. The molecule has 0 saturated carbocycles. The number of fused-ring (bicyclic) bond motifs is 5. The number of rotatable bonds is 2. The van der Waals surface area contributed by atoms with E-state index in [1.807, 2.05) is 47.4 Å². The first kappa shape index (κ1) is 19.8. The highest BCUT2D eigenvalue weighted by Gasteiger charge is 2.26. The zero-order chi connectivity index (χ0) is 20.2. The molecule has 0 radical (unpaired) electrons. The minimum absolute atomic E-state index is 0. The smallest absolute Gasteiger partial charge is 0.254 e. The maximum atomic E-state index is 14.8. The lowest BCUT2D eigenvalue weighted by atomic mass is 10.1. The highest BCUT2D eigenvalue weighted by molar-refractivity contribution is 9.10. The lowest BCUT2D eigenvalue weighted by Gasteiger charge is -2.04. The van der Waals surface area contributed by atoms with Crippen LogP contribution in [0.25, 0.3) is 44.3 Å². The average Bonchev–Trinajstić information content (AvgIpc) is 3.33. The average molecular weight is 493 g/mol. The fourth-order valence-electron chi connectivity index (χ4n) is 4.23.